The number of nitrogens with zero attached hydrogens (tertiary/aromatic N) is 1. The summed E-state index contributed by atoms with van der Waals surface area (Å²) in [5, 5.41) is 2.50. The molecule has 0 bridgehead atoms. The molecule has 1 aliphatic heterocycles. The van der Waals surface area contributed by atoms with Gasteiger partial charge in [-0.2, -0.15) is 0 Å². The number of sulfonamides is 1. The van der Waals surface area contributed by atoms with Gasteiger partial charge in [0, 0.05) is 18.6 Å². The highest BCUT2D eigenvalue weighted by Gasteiger charge is 2.26. The minimum absolute atomic E-state index is 0.0154. The maximum absolute atomic E-state index is 11.5. The number of piperidine rings is 1. The van der Waals surface area contributed by atoms with Gasteiger partial charge in [0.1, 0.15) is 0 Å². The van der Waals surface area contributed by atoms with Gasteiger partial charge < -0.3 is 0 Å². The Morgan fingerprint density at radius 1 is 1.17 bits per heavy atom. The van der Waals surface area contributed by atoms with E-state index in [0.717, 1.165) is 25.9 Å². The van der Waals surface area contributed by atoms with Crippen molar-refractivity contribution in [1.82, 2.24) is 9.62 Å². The Balaban J connectivity index is 1.76. The van der Waals surface area contributed by atoms with Crippen LogP contribution in [0.15, 0.2) is 42.5 Å². The fraction of sp³-hybridized carbons (Fsp3) is 0.444. The Morgan fingerprint density at radius 3 is 2.65 bits per heavy atom. The van der Waals surface area contributed by atoms with Gasteiger partial charge in [0.2, 0.25) is 10.0 Å². The fourth-order valence-electron chi connectivity index (χ4n) is 3.44. The SMILES string of the molecule is C[C@@H](c1ccc2ccccc2c1)N1CCC[C@H](NS(C)(=O)=O)C1. The monoisotopic (exact) mass is 332 g/mol. The Labute approximate surface area is 138 Å². The second-order valence-corrected chi connectivity index (χ2v) is 8.29. The van der Waals surface area contributed by atoms with Crippen LogP contribution in [-0.2, 0) is 10.0 Å². The first-order chi connectivity index (χ1) is 10.9. The molecule has 4 nitrogen and oxygen atoms in total. The number of benzene rings is 2. The average molecular weight is 332 g/mol. The van der Waals surface area contributed by atoms with Crippen LogP contribution in [0.1, 0.15) is 31.4 Å². The smallest absolute Gasteiger partial charge is 0.208 e. The zero-order valence-corrected chi connectivity index (χ0v) is 14.5. The summed E-state index contributed by atoms with van der Waals surface area (Å²) in [5.74, 6) is 0. The van der Waals surface area contributed by atoms with Crippen molar-refractivity contribution in [3.63, 3.8) is 0 Å². The average Bonchev–Trinajstić information content (AvgIpc) is 2.52. The Kier molecular flexibility index (Phi) is 4.71. The van der Waals surface area contributed by atoms with Crippen molar-refractivity contribution in [1.29, 1.82) is 0 Å². The molecule has 2 aromatic carbocycles. The first-order valence-electron chi connectivity index (χ1n) is 8.12. The molecule has 0 unspecified atom stereocenters. The van der Waals surface area contributed by atoms with Gasteiger partial charge in [0.25, 0.3) is 0 Å². The second kappa shape index (κ2) is 6.59. The van der Waals surface area contributed by atoms with Crippen molar-refractivity contribution in [3.8, 4) is 0 Å². The molecule has 1 fully saturated rings. The van der Waals surface area contributed by atoms with Gasteiger partial charge >= 0.3 is 0 Å². The maximum Gasteiger partial charge on any atom is 0.208 e. The Bertz CT molecular complexity index is 788. The number of nitrogens with one attached hydrogen (secondary N) is 1. The molecule has 0 aliphatic carbocycles. The van der Waals surface area contributed by atoms with E-state index in [1.54, 1.807) is 0 Å². The lowest BCUT2D eigenvalue weighted by molar-refractivity contribution is 0.154. The van der Waals surface area contributed by atoms with E-state index in [9.17, 15) is 8.42 Å². The minimum Gasteiger partial charge on any atom is -0.295 e. The van der Waals surface area contributed by atoms with Crippen LogP contribution < -0.4 is 4.72 Å². The van der Waals surface area contributed by atoms with E-state index in [1.165, 1.54) is 22.6 Å². The van der Waals surface area contributed by atoms with Crippen molar-refractivity contribution in [2.24, 2.45) is 0 Å². The normalized spacial score (nSPS) is 21.4. The summed E-state index contributed by atoms with van der Waals surface area (Å²) in [5.41, 5.74) is 1.28. The first kappa shape index (κ1) is 16.4. The van der Waals surface area contributed by atoms with E-state index in [2.05, 4.69) is 59.0 Å². The highest BCUT2D eigenvalue weighted by atomic mass is 32.2. The van der Waals surface area contributed by atoms with Crippen molar-refractivity contribution < 1.29 is 8.42 Å². The van der Waals surface area contributed by atoms with Crippen LogP contribution in [-0.4, -0.2) is 38.7 Å². The molecule has 23 heavy (non-hydrogen) atoms. The van der Waals surface area contributed by atoms with Crippen LogP contribution in [0.5, 0.6) is 0 Å². The molecule has 1 heterocycles. The molecular weight excluding hydrogens is 308 g/mol. The number of hydrogen-bond acceptors (Lipinski definition) is 3. The molecule has 0 radical (unpaired) electrons. The van der Waals surface area contributed by atoms with Crippen LogP contribution >= 0.6 is 0 Å². The van der Waals surface area contributed by atoms with Gasteiger partial charge in [-0.05, 0) is 48.7 Å². The molecule has 2 aromatic rings. The number of hydrogen-bond donors (Lipinski definition) is 1. The zero-order chi connectivity index (χ0) is 16.4. The predicted octanol–water partition coefficient (Wildman–Crippen LogP) is 2.91. The van der Waals surface area contributed by atoms with Crippen molar-refractivity contribution in [2.75, 3.05) is 19.3 Å². The van der Waals surface area contributed by atoms with Gasteiger partial charge in [0.05, 0.1) is 6.26 Å². The molecule has 124 valence electrons. The molecule has 0 amide bonds. The fourth-order valence-corrected chi connectivity index (χ4v) is 4.23. The molecule has 3 rings (SSSR count). The highest BCUT2D eigenvalue weighted by Crippen LogP contribution is 2.27. The molecular formula is C18H24N2O2S. The maximum atomic E-state index is 11.5. The van der Waals surface area contributed by atoms with E-state index in [4.69, 9.17) is 0 Å². The number of fused-ring (bicyclic) bond motifs is 1. The quantitative estimate of drug-likeness (QED) is 0.936. The summed E-state index contributed by atoms with van der Waals surface area (Å²) in [4.78, 5) is 2.37. The lowest BCUT2D eigenvalue weighted by Gasteiger charge is -2.37. The number of rotatable bonds is 4. The molecule has 0 aromatic heterocycles. The third kappa shape index (κ3) is 4.10. The Hall–Kier alpha value is -1.43. The molecule has 0 saturated carbocycles. The Morgan fingerprint density at radius 2 is 1.91 bits per heavy atom. The third-order valence-corrected chi connectivity index (χ3v) is 5.40. The van der Waals surface area contributed by atoms with Crippen molar-refractivity contribution >= 4 is 20.8 Å². The highest BCUT2D eigenvalue weighted by molar-refractivity contribution is 7.88. The van der Waals surface area contributed by atoms with Crippen LogP contribution in [0.3, 0.4) is 0 Å². The van der Waals surface area contributed by atoms with Gasteiger partial charge in [-0.25, -0.2) is 13.1 Å². The van der Waals surface area contributed by atoms with Gasteiger partial charge in [0.15, 0.2) is 0 Å². The van der Waals surface area contributed by atoms with Gasteiger partial charge in [-0.3, -0.25) is 4.90 Å². The van der Waals surface area contributed by atoms with Crippen molar-refractivity contribution in [2.45, 2.75) is 31.8 Å². The largest absolute Gasteiger partial charge is 0.295 e. The molecule has 1 N–H and O–H groups in total. The summed E-state index contributed by atoms with van der Waals surface area (Å²) in [6, 6.07) is 15.3. The third-order valence-electron chi connectivity index (χ3n) is 4.64. The summed E-state index contributed by atoms with van der Waals surface area (Å²) >= 11 is 0. The van der Waals surface area contributed by atoms with E-state index in [1.807, 2.05) is 0 Å². The summed E-state index contributed by atoms with van der Waals surface area (Å²) < 4.78 is 25.7. The van der Waals surface area contributed by atoms with E-state index >= 15 is 0 Å². The van der Waals surface area contributed by atoms with E-state index in [-0.39, 0.29) is 12.1 Å². The molecule has 1 aliphatic rings. The zero-order valence-electron chi connectivity index (χ0n) is 13.7. The van der Waals surface area contributed by atoms with Crippen molar-refractivity contribution in [3.05, 3.63) is 48.0 Å². The van der Waals surface area contributed by atoms with Crippen LogP contribution in [0.25, 0.3) is 10.8 Å². The van der Waals surface area contributed by atoms with E-state index < -0.39 is 10.0 Å². The standard InChI is InChI=1S/C18H24N2O2S/c1-14(16-10-9-15-6-3-4-7-17(15)12-16)20-11-5-8-18(13-20)19-23(2,21)22/h3-4,6-7,9-10,12,14,18-19H,5,8,11,13H2,1-2H3/t14-,18-/m0/s1. The summed E-state index contributed by atoms with van der Waals surface area (Å²) in [7, 11) is -3.14. The summed E-state index contributed by atoms with van der Waals surface area (Å²) in [6.45, 7) is 3.98. The lowest BCUT2D eigenvalue weighted by Crippen LogP contribution is -2.47. The second-order valence-electron chi connectivity index (χ2n) is 6.51. The van der Waals surface area contributed by atoms with Gasteiger partial charge in [-0.1, -0.05) is 36.4 Å². The van der Waals surface area contributed by atoms with Crippen LogP contribution in [0.4, 0.5) is 0 Å². The van der Waals surface area contributed by atoms with Gasteiger partial charge in [-0.15, -0.1) is 0 Å². The van der Waals surface area contributed by atoms with Crippen LogP contribution in [0.2, 0.25) is 0 Å². The topological polar surface area (TPSA) is 49.4 Å². The minimum atomic E-state index is -3.14. The lowest BCUT2D eigenvalue weighted by atomic mass is 9.98. The molecule has 2 atom stereocenters. The molecule has 1 saturated heterocycles. The number of likely N-dealkylation sites (tertiary alicyclic amines) is 1. The molecule has 0 spiro atoms. The van der Waals surface area contributed by atoms with Crippen LogP contribution in [0, 0.1) is 0 Å². The summed E-state index contributed by atoms with van der Waals surface area (Å²) in [6.07, 6.45) is 3.16. The molecule has 5 heteroatoms. The van der Waals surface area contributed by atoms with E-state index in [0.29, 0.717) is 0 Å². The predicted molar refractivity (Wildman–Crippen MR) is 94.9 cm³/mol. The first-order valence-corrected chi connectivity index (χ1v) is 10.0.